The normalized spacial score (nSPS) is 11.1. The summed E-state index contributed by atoms with van der Waals surface area (Å²) in [5, 5.41) is 2.26. The fourth-order valence-corrected chi connectivity index (χ4v) is 3.14. The van der Waals surface area contributed by atoms with E-state index in [1.165, 1.54) is 30.3 Å². The Labute approximate surface area is 160 Å². The van der Waals surface area contributed by atoms with Crippen molar-refractivity contribution in [1.29, 1.82) is 0 Å². The van der Waals surface area contributed by atoms with Gasteiger partial charge in [0.15, 0.2) is 0 Å². The molecule has 0 aliphatic carbocycles. The topological polar surface area (TPSA) is 75.7 Å². The van der Waals surface area contributed by atoms with Crippen LogP contribution in [0.1, 0.15) is 0 Å². The SMILES string of the molecule is CS(=O)(=O)N(CC(=O)NCCOc1ccc(F)cc1)c1ccc(F)c(Cl)c1. The third kappa shape index (κ3) is 6.37. The highest BCUT2D eigenvalue weighted by Crippen LogP contribution is 2.24. The van der Waals surface area contributed by atoms with E-state index in [0.717, 1.165) is 22.7 Å². The Morgan fingerprint density at radius 2 is 1.85 bits per heavy atom. The number of halogens is 3. The first-order chi connectivity index (χ1) is 12.7. The number of carbonyl (C=O) groups excluding carboxylic acids is 1. The largest absolute Gasteiger partial charge is 0.492 e. The molecule has 0 bridgehead atoms. The van der Waals surface area contributed by atoms with Gasteiger partial charge in [0, 0.05) is 0 Å². The summed E-state index contributed by atoms with van der Waals surface area (Å²) in [4.78, 5) is 12.1. The predicted octanol–water partition coefficient (Wildman–Crippen LogP) is 2.58. The second-order valence-electron chi connectivity index (χ2n) is 5.52. The predicted molar refractivity (Wildman–Crippen MR) is 98.5 cm³/mol. The van der Waals surface area contributed by atoms with E-state index in [1.54, 1.807) is 0 Å². The zero-order valence-electron chi connectivity index (χ0n) is 14.3. The molecule has 0 saturated heterocycles. The minimum atomic E-state index is -3.80. The zero-order valence-corrected chi connectivity index (χ0v) is 15.9. The van der Waals surface area contributed by atoms with Gasteiger partial charge in [0.1, 0.15) is 30.5 Å². The van der Waals surface area contributed by atoms with Crippen LogP contribution in [-0.4, -0.2) is 40.3 Å². The zero-order chi connectivity index (χ0) is 20.0. The summed E-state index contributed by atoms with van der Waals surface area (Å²) in [6.07, 6.45) is 0.926. The van der Waals surface area contributed by atoms with Crippen molar-refractivity contribution in [3.63, 3.8) is 0 Å². The molecule has 1 N–H and O–H groups in total. The van der Waals surface area contributed by atoms with Gasteiger partial charge in [-0.25, -0.2) is 17.2 Å². The van der Waals surface area contributed by atoms with Gasteiger partial charge in [-0.1, -0.05) is 11.6 Å². The molecular formula is C17H17ClF2N2O4S. The van der Waals surface area contributed by atoms with Gasteiger partial charge in [-0.3, -0.25) is 9.10 Å². The monoisotopic (exact) mass is 418 g/mol. The number of hydrogen-bond acceptors (Lipinski definition) is 4. The Kier molecular flexibility index (Phi) is 6.98. The van der Waals surface area contributed by atoms with Crippen LogP contribution in [-0.2, 0) is 14.8 Å². The van der Waals surface area contributed by atoms with E-state index >= 15 is 0 Å². The molecule has 0 saturated carbocycles. The maximum absolute atomic E-state index is 13.3. The lowest BCUT2D eigenvalue weighted by Gasteiger charge is -2.22. The second kappa shape index (κ2) is 9.01. The highest BCUT2D eigenvalue weighted by atomic mass is 35.5. The molecule has 0 fully saturated rings. The Balaban J connectivity index is 1.92. The van der Waals surface area contributed by atoms with Crippen LogP contribution in [0.15, 0.2) is 42.5 Å². The maximum Gasteiger partial charge on any atom is 0.240 e. The lowest BCUT2D eigenvalue weighted by molar-refractivity contribution is -0.119. The van der Waals surface area contributed by atoms with Crippen molar-refractivity contribution < 1.29 is 26.7 Å². The van der Waals surface area contributed by atoms with Crippen LogP contribution in [0.5, 0.6) is 5.75 Å². The van der Waals surface area contributed by atoms with Crippen molar-refractivity contribution in [2.75, 3.05) is 30.3 Å². The number of nitrogens with zero attached hydrogens (tertiary/aromatic N) is 1. The molecule has 0 atom stereocenters. The Morgan fingerprint density at radius 1 is 1.19 bits per heavy atom. The average molecular weight is 419 g/mol. The number of carbonyl (C=O) groups is 1. The number of nitrogens with one attached hydrogen (secondary N) is 1. The van der Waals surface area contributed by atoms with Crippen molar-refractivity contribution >= 4 is 33.2 Å². The minimum Gasteiger partial charge on any atom is -0.492 e. The molecule has 2 aromatic carbocycles. The van der Waals surface area contributed by atoms with E-state index in [2.05, 4.69) is 5.32 Å². The summed E-state index contributed by atoms with van der Waals surface area (Å²) in [6, 6.07) is 8.74. The number of amides is 1. The molecule has 0 radical (unpaired) electrons. The van der Waals surface area contributed by atoms with Crippen molar-refractivity contribution in [1.82, 2.24) is 5.32 Å². The molecule has 0 spiro atoms. The third-order valence-corrected chi connectivity index (χ3v) is 4.82. The van der Waals surface area contributed by atoms with Gasteiger partial charge in [-0.15, -0.1) is 0 Å². The van der Waals surface area contributed by atoms with Gasteiger partial charge >= 0.3 is 0 Å². The third-order valence-electron chi connectivity index (χ3n) is 3.39. The van der Waals surface area contributed by atoms with Gasteiger partial charge in [0.05, 0.1) is 23.5 Å². The highest BCUT2D eigenvalue weighted by molar-refractivity contribution is 7.92. The van der Waals surface area contributed by atoms with Crippen LogP contribution in [0.2, 0.25) is 5.02 Å². The van der Waals surface area contributed by atoms with Crippen molar-refractivity contribution in [3.8, 4) is 5.75 Å². The quantitative estimate of drug-likeness (QED) is 0.668. The number of anilines is 1. The fourth-order valence-electron chi connectivity index (χ4n) is 2.12. The maximum atomic E-state index is 13.3. The first-order valence-electron chi connectivity index (χ1n) is 7.74. The summed E-state index contributed by atoms with van der Waals surface area (Å²) >= 11 is 5.68. The molecule has 0 aliphatic rings. The first-order valence-corrected chi connectivity index (χ1v) is 9.97. The van der Waals surface area contributed by atoms with Crippen molar-refractivity contribution in [2.24, 2.45) is 0 Å². The fraction of sp³-hybridized carbons (Fsp3) is 0.235. The van der Waals surface area contributed by atoms with E-state index in [0.29, 0.717) is 5.75 Å². The van der Waals surface area contributed by atoms with Crippen LogP contribution in [0, 0.1) is 11.6 Å². The van der Waals surface area contributed by atoms with Gasteiger partial charge in [0.25, 0.3) is 0 Å². The smallest absolute Gasteiger partial charge is 0.240 e. The van der Waals surface area contributed by atoms with E-state index in [1.807, 2.05) is 0 Å². The van der Waals surface area contributed by atoms with Crippen LogP contribution in [0.4, 0.5) is 14.5 Å². The Morgan fingerprint density at radius 3 is 2.44 bits per heavy atom. The summed E-state index contributed by atoms with van der Waals surface area (Å²) in [5.74, 6) is -1.23. The van der Waals surface area contributed by atoms with Crippen molar-refractivity contribution in [3.05, 3.63) is 59.1 Å². The molecule has 2 aromatic rings. The van der Waals surface area contributed by atoms with E-state index in [4.69, 9.17) is 16.3 Å². The first kappa shape index (κ1) is 20.9. The van der Waals surface area contributed by atoms with Gasteiger partial charge in [-0.2, -0.15) is 0 Å². The van der Waals surface area contributed by atoms with Crippen LogP contribution in [0.3, 0.4) is 0 Å². The number of rotatable bonds is 8. The van der Waals surface area contributed by atoms with E-state index < -0.39 is 34.1 Å². The molecule has 0 heterocycles. The molecule has 27 heavy (non-hydrogen) atoms. The van der Waals surface area contributed by atoms with Crippen molar-refractivity contribution in [2.45, 2.75) is 0 Å². The molecule has 6 nitrogen and oxygen atoms in total. The van der Waals surface area contributed by atoms with Gasteiger partial charge in [0.2, 0.25) is 15.9 Å². The summed E-state index contributed by atoms with van der Waals surface area (Å²) in [5.41, 5.74) is 0.0709. The average Bonchev–Trinajstić information content (AvgIpc) is 2.60. The van der Waals surface area contributed by atoms with Crippen LogP contribution in [0.25, 0.3) is 0 Å². The van der Waals surface area contributed by atoms with E-state index in [-0.39, 0.29) is 23.9 Å². The molecule has 10 heteroatoms. The number of sulfonamides is 1. The molecule has 0 aliphatic heterocycles. The Bertz CT molecular complexity index is 908. The number of benzene rings is 2. The molecule has 1 amide bonds. The summed E-state index contributed by atoms with van der Waals surface area (Å²) in [7, 11) is -3.80. The number of ether oxygens (including phenoxy) is 1. The summed E-state index contributed by atoms with van der Waals surface area (Å²) in [6.45, 7) is -0.284. The van der Waals surface area contributed by atoms with Crippen LogP contribution >= 0.6 is 11.6 Å². The molecule has 2 rings (SSSR count). The lowest BCUT2D eigenvalue weighted by Crippen LogP contribution is -2.41. The Hall–Kier alpha value is -2.39. The van der Waals surface area contributed by atoms with Gasteiger partial charge < -0.3 is 10.1 Å². The van der Waals surface area contributed by atoms with E-state index in [9.17, 15) is 22.0 Å². The lowest BCUT2D eigenvalue weighted by atomic mass is 10.3. The summed E-state index contributed by atoms with van der Waals surface area (Å²) < 4.78 is 56.1. The molecule has 0 aromatic heterocycles. The molecule has 0 unspecified atom stereocenters. The standard InChI is InChI=1S/C17H17ClF2N2O4S/c1-27(24,25)22(13-4-7-16(20)15(18)10-13)11-17(23)21-8-9-26-14-5-2-12(19)3-6-14/h2-7,10H,8-9,11H2,1H3,(H,21,23). The highest BCUT2D eigenvalue weighted by Gasteiger charge is 2.21. The van der Waals surface area contributed by atoms with Gasteiger partial charge in [-0.05, 0) is 42.5 Å². The minimum absolute atomic E-state index is 0.0709. The van der Waals surface area contributed by atoms with Crippen LogP contribution < -0.4 is 14.4 Å². The molecular weight excluding hydrogens is 402 g/mol. The second-order valence-corrected chi connectivity index (χ2v) is 7.83. The number of hydrogen-bond donors (Lipinski definition) is 1. The molecule has 146 valence electrons.